The molecule has 7 aromatic carbocycles. The molecule has 0 atom stereocenters. The molecule has 6 heteroatoms. The molecule has 0 amide bonds. The Bertz CT molecular complexity index is 3010. The third-order valence-electron chi connectivity index (χ3n) is 10.0. The number of rotatable bonds is 8. The molecule has 3 aromatic heterocycles. The van der Waals surface area contributed by atoms with Crippen LogP contribution in [0.4, 0.5) is 5.69 Å². The minimum atomic E-state index is 0.299. The zero-order valence-corrected chi connectivity index (χ0v) is 29.0. The van der Waals surface area contributed by atoms with Crippen molar-refractivity contribution in [3.8, 4) is 16.8 Å². The second kappa shape index (κ2) is 13.0. The van der Waals surface area contributed by atoms with Gasteiger partial charge in [-0.2, -0.15) is 0 Å². The number of nitrogens with zero attached hydrogens (tertiary/aromatic N) is 2. The van der Waals surface area contributed by atoms with Crippen LogP contribution >= 0.6 is 0 Å². The average molecular weight is 697 g/mol. The fraction of sp³-hybridized carbons (Fsp3) is 0. The van der Waals surface area contributed by atoms with Crippen molar-refractivity contribution < 1.29 is 8.83 Å². The maximum atomic E-state index is 9.35. The van der Waals surface area contributed by atoms with E-state index in [9.17, 15) is 5.41 Å². The van der Waals surface area contributed by atoms with E-state index in [1.807, 2.05) is 72.8 Å². The molecule has 0 saturated carbocycles. The molecule has 0 aliphatic heterocycles. The molecule has 0 saturated heterocycles. The first kappa shape index (κ1) is 31.3. The molecule has 3 heterocycles. The summed E-state index contributed by atoms with van der Waals surface area (Å²) in [6.45, 7) is 0. The van der Waals surface area contributed by atoms with Crippen LogP contribution in [0.25, 0.3) is 71.8 Å². The van der Waals surface area contributed by atoms with Crippen LogP contribution in [0.5, 0.6) is 0 Å². The van der Waals surface area contributed by atoms with Gasteiger partial charge < -0.3 is 18.7 Å². The third-order valence-corrected chi connectivity index (χ3v) is 10.0. The molecule has 10 aromatic rings. The lowest BCUT2D eigenvalue weighted by atomic mass is 9.96. The first-order chi connectivity index (χ1) is 26.7. The number of hydrogen-bond acceptors (Lipinski definition) is 5. The van der Waals surface area contributed by atoms with Crippen LogP contribution in [0, 0.1) is 5.41 Å². The van der Waals surface area contributed by atoms with Crippen LogP contribution in [-0.4, -0.2) is 15.3 Å². The predicted molar refractivity (Wildman–Crippen MR) is 220 cm³/mol. The van der Waals surface area contributed by atoms with Crippen molar-refractivity contribution in [2.45, 2.75) is 0 Å². The third kappa shape index (κ3) is 5.36. The molecule has 0 aliphatic rings. The standard InChI is InChI=1S/C48H32N4O2/c49-46(31-12-4-1-5-13-31)45(48-50-26-27-53-48)47(32-14-6-2-7-15-32)51-35-22-25-44-40(30-35)39-29-34(21-24-43(39)54-44)33-20-23-42-38(28-33)37-18-10-11-19-41(37)52(42)36-16-8-3-9-17-36/h1-30,49,51H/b47-45+,49-46?. The van der Waals surface area contributed by atoms with E-state index in [1.165, 1.54) is 28.1 Å². The fourth-order valence-corrected chi connectivity index (χ4v) is 7.51. The van der Waals surface area contributed by atoms with E-state index in [0.29, 0.717) is 22.9 Å². The largest absolute Gasteiger partial charge is 0.456 e. The summed E-state index contributed by atoms with van der Waals surface area (Å²) < 4.78 is 14.6. The smallest absolute Gasteiger partial charge is 0.230 e. The molecule has 0 aliphatic carbocycles. The van der Waals surface area contributed by atoms with Crippen molar-refractivity contribution in [3.05, 3.63) is 199 Å². The summed E-state index contributed by atoms with van der Waals surface area (Å²) in [5.41, 5.74) is 11.4. The van der Waals surface area contributed by atoms with Crippen LogP contribution < -0.4 is 5.32 Å². The minimum absolute atomic E-state index is 0.299. The van der Waals surface area contributed by atoms with Gasteiger partial charge in [-0.15, -0.1) is 0 Å². The molecule has 10 rings (SSSR count). The van der Waals surface area contributed by atoms with Crippen LogP contribution in [0.3, 0.4) is 0 Å². The summed E-state index contributed by atoms with van der Waals surface area (Å²) in [5, 5.41) is 17.5. The van der Waals surface area contributed by atoms with Crippen molar-refractivity contribution in [2.24, 2.45) is 0 Å². The predicted octanol–water partition coefficient (Wildman–Crippen LogP) is 12.4. The number of hydrogen-bond donors (Lipinski definition) is 2. The Balaban J connectivity index is 1.09. The number of allylic oxidation sites excluding steroid dienone is 1. The van der Waals surface area contributed by atoms with Gasteiger partial charge in [-0.05, 0) is 77.4 Å². The quantitative estimate of drug-likeness (QED) is 0.155. The molecular formula is C48H32N4O2. The van der Waals surface area contributed by atoms with E-state index < -0.39 is 0 Å². The number of benzene rings is 7. The van der Waals surface area contributed by atoms with Gasteiger partial charge in [0.15, 0.2) is 0 Å². The number of anilines is 1. The Labute approximate surface area is 310 Å². The topological polar surface area (TPSA) is 80.0 Å². The van der Waals surface area contributed by atoms with Gasteiger partial charge >= 0.3 is 0 Å². The Morgan fingerprint density at radius 2 is 1.17 bits per heavy atom. The number of aromatic nitrogens is 2. The zero-order chi connectivity index (χ0) is 36.0. The SMILES string of the molecule is N=C(/C(=C(\Nc1ccc2oc3ccc(-c4ccc5c(c4)c4ccccc4n5-c4ccccc4)cc3c2c1)c1ccccc1)c1ncco1)c1ccccc1. The monoisotopic (exact) mass is 696 g/mol. The van der Waals surface area contributed by atoms with Gasteiger partial charge in [-0.1, -0.05) is 109 Å². The lowest BCUT2D eigenvalue weighted by Gasteiger charge is -2.17. The molecule has 2 N–H and O–H groups in total. The molecule has 6 nitrogen and oxygen atoms in total. The lowest BCUT2D eigenvalue weighted by molar-refractivity contribution is 0.544. The summed E-state index contributed by atoms with van der Waals surface area (Å²) in [5.74, 6) is 0.360. The number of oxazole rings is 1. The zero-order valence-electron chi connectivity index (χ0n) is 29.0. The van der Waals surface area contributed by atoms with E-state index in [0.717, 1.165) is 55.6 Å². The summed E-state index contributed by atoms with van der Waals surface area (Å²) >= 11 is 0. The van der Waals surface area contributed by atoms with Crippen LogP contribution in [0.15, 0.2) is 191 Å². The second-order valence-electron chi connectivity index (χ2n) is 13.3. The normalized spacial score (nSPS) is 12.1. The molecule has 0 radical (unpaired) electrons. The highest BCUT2D eigenvalue weighted by Crippen LogP contribution is 2.38. The molecule has 54 heavy (non-hydrogen) atoms. The van der Waals surface area contributed by atoms with Crippen molar-refractivity contribution in [1.82, 2.24) is 9.55 Å². The number of furan rings is 1. The van der Waals surface area contributed by atoms with Crippen LogP contribution in [0.1, 0.15) is 17.0 Å². The van der Waals surface area contributed by atoms with E-state index >= 15 is 0 Å². The van der Waals surface area contributed by atoms with Crippen LogP contribution in [-0.2, 0) is 0 Å². The van der Waals surface area contributed by atoms with E-state index in [-0.39, 0.29) is 0 Å². The summed E-state index contributed by atoms with van der Waals surface area (Å²) in [6, 6.07) is 58.1. The highest BCUT2D eigenvalue weighted by Gasteiger charge is 2.22. The number of para-hydroxylation sites is 2. The van der Waals surface area contributed by atoms with Gasteiger partial charge in [-0.25, -0.2) is 4.98 Å². The Kier molecular flexibility index (Phi) is 7.51. The molecular weight excluding hydrogens is 665 g/mol. The average Bonchev–Trinajstić information content (AvgIpc) is 3.98. The number of nitrogens with one attached hydrogen (secondary N) is 2. The summed E-state index contributed by atoms with van der Waals surface area (Å²) in [4.78, 5) is 4.50. The van der Waals surface area contributed by atoms with Crippen LogP contribution in [0.2, 0.25) is 0 Å². The van der Waals surface area contributed by atoms with Gasteiger partial charge in [0.05, 0.1) is 34.2 Å². The molecule has 0 unspecified atom stereocenters. The molecule has 0 spiro atoms. The molecule has 0 fully saturated rings. The minimum Gasteiger partial charge on any atom is -0.456 e. The van der Waals surface area contributed by atoms with E-state index in [1.54, 1.807) is 6.20 Å². The van der Waals surface area contributed by atoms with Gasteiger partial charge in [-0.3, -0.25) is 5.41 Å². The Morgan fingerprint density at radius 1 is 0.556 bits per heavy atom. The van der Waals surface area contributed by atoms with Gasteiger partial charge in [0.1, 0.15) is 17.4 Å². The highest BCUT2D eigenvalue weighted by molar-refractivity contribution is 6.35. The molecule has 256 valence electrons. The van der Waals surface area contributed by atoms with Crippen molar-refractivity contribution >= 4 is 66.4 Å². The van der Waals surface area contributed by atoms with E-state index in [2.05, 4.69) is 112 Å². The van der Waals surface area contributed by atoms with Crippen molar-refractivity contribution in [1.29, 1.82) is 5.41 Å². The van der Waals surface area contributed by atoms with Crippen molar-refractivity contribution in [3.63, 3.8) is 0 Å². The van der Waals surface area contributed by atoms with Gasteiger partial charge in [0.25, 0.3) is 0 Å². The Hall–Kier alpha value is -7.44. The highest BCUT2D eigenvalue weighted by atomic mass is 16.3. The maximum Gasteiger partial charge on any atom is 0.230 e. The Morgan fingerprint density at radius 3 is 1.91 bits per heavy atom. The second-order valence-corrected chi connectivity index (χ2v) is 13.3. The first-order valence-corrected chi connectivity index (χ1v) is 17.9. The lowest BCUT2D eigenvalue weighted by Crippen LogP contribution is -2.11. The first-order valence-electron chi connectivity index (χ1n) is 17.9. The van der Waals surface area contributed by atoms with E-state index in [4.69, 9.17) is 8.83 Å². The number of fused-ring (bicyclic) bond motifs is 6. The van der Waals surface area contributed by atoms with Gasteiger partial charge in [0, 0.05) is 38.5 Å². The fourth-order valence-electron chi connectivity index (χ4n) is 7.51. The van der Waals surface area contributed by atoms with Gasteiger partial charge in [0.2, 0.25) is 5.89 Å². The van der Waals surface area contributed by atoms with Crippen molar-refractivity contribution in [2.75, 3.05) is 5.32 Å². The summed E-state index contributed by atoms with van der Waals surface area (Å²) in [6.07, 6.45) is 3.15. The maximum absolute atomic E-state index is 9.35. The molecule has 0 bridgehead atoms. The summed E-state index contributed by atoms with van der Waals surface area (Å²) in [7, 11) is 0.